The van der Waals surface area contributed by atoms with Crippen molar-refractivity contribution in [3.8, 4) is 5.75 Å². The second-order valence-corrected chi connectivity index (χ2v) is 5.61. The van der Waals surface area contributed by atoms with Crippen LogP contribution in [0, 0.1) is 0 Å². The van der Waals surface area contributed by atoms with Gasteiger partial charge in [-0.1, -0.05) is 12.1 Å². The number of hydrogen-bond donors (Lipinski definition) is 0. The zero-order valence-corrected chi connectivity index (χ0v) is 12.8. The van der Waals surface area contributed by atoms with Gasteiger partial charge in [-0.25, -0.2) is 0 Å². The van der Waals surface area contributed by atoms with Crippen molar-refractivity contribution >= 4 is 5.91 Å². The molecule has 1 aromatic carbocycles. The van der Waals surface area contributed by atoms with Crippen molar-refractivity contribution in [1.82, 2.24) is 4.90 Å². The van der Waals surface area contributed by atoms with Crippen LogP contribution in [-0.2, 0) is 11.2 Å². The number of carbonyl (C=O) groups is 1. The lowest BCUT2D eigenvalue weighted by molar-refractivity contribution is -0.132. The van der Waals surface area contributed by atoms with E-state index in [2.05, 4.69) is 0 Å². The molecule has 0 bridgehead atoms. The molecule has 1 saturated heterocycles. The highest BCUT2D eigenvalue weighted by Gasteiger charge is 2.31. The van der Waals surface area contributed by atoms with E-state index < -0.39 is 0 Å². The average Bonchev–Trinajstić information content (AvgIpc) is 3.23. The third-order valence-corrected chi connectivity index (χ3v) is 4.23. The summed E-state index contributed by atoms with van der Waals surface area (Å²) in [5.74, 6) is 1.94. The second kappa shape index (κ2) is 6.69. The average molecular weight is 299 g/mol. The van der Waals surface area contributed by atoms with Gasteiger partial charge in [-0.15, -0.1) is 0 Å². The summed E-state index contributed by atoms with van der Waals surface area (Å²) >= 11 is 0. The second-order valence-electron chi connectivity index (χ2n) is 5.61. The van der Waals surface area contributed by atoms with Crippen molar-refractivity contribution in [3.63, 3.8) is 0 Å². The third-order valence-electron chi connectivity index (χ3n) is 4.23. The van der Waals surface area contributed by atoms with Gasteiger partial charge in [0.25, 0.3) is 0 Å². The molecule has 0 N–H and O–H groups in total. The number of hydrogen-bond acceptors (Lipinski definition) is 3. The molecule has 4 nitrogen and oxygen atoms in total. The first-order chi connectivity index (χ1) is 10.8. The minimum Gasteiger partial charge on any atom is -0.497 e. The van der Waals surface area contributed by atoms with Crippen LogP contribution in [0.15, 0.2) is 47.1 Å². The van der Waals surface area contributed by atoms with Gasteiger partial charge in [-0.3, -0.25) is 4.79 Å². The maximum atomic E-state index is 12.5. The number of carbonyl (C=O) groups excluding carboxylic acids is 1. The van der Waals surface area contributed by atoms with Gasteiger partial charge in [0.05, 0.1) is 19.4 Å². The van der Waals surface area contributed by atoms with Crippen LogP contribution >= 0.6 is 0 Å². The van der Waals surface area contributed by atoms with Crippen molar-refractivity contribution in [2.75, 3.05) is 13.7 Å². The minimum absolute atomic E-state index is 0.110. The topological polar surface area (TPSA) is 42.7 Å². The lowest BCUT2D eigenvalue weighted by Crippen LogP contribution is -2.30. The van der Waals surface area contributed by atoms with Crippen molar-refractivity contribution in [3.05, 3.63) is 54.0 Å². The Kier molecular flexibility index (Phi) is 4.47. The first kappa shape index (κ1) is 14.7. The highest BCUT2D eigenvalue weighted by atomic mass is 16.5. The normalized spacial score (nSPS) is 17.7. The van der Waals surface area contributed by atoms with Gasteiger partial charge in [0.2, 0.25) is 5.91 Å². The SMILES string of the molecule is COc1ccc(CCC(=O)N2CCC[C@@H]2c2ccco2)cc1. The lowest BCUT2D eigenvalue weighted by Gasteiger charge is -2.23. The van der Waals surface area contributed by atoms with Crippen LogP contribution in [0.25, 0.3) is 0 Å². The molecule has 1 aromatic heterocycles. The summed E-state index contributed by atoms with van der Waals surface area (Å²) in [6.45, 7) is 0.826. The summed E-state index contributed by atoms with van der Waals surface area (Å²) in [6.07, 6.45) is 4.99. The third kappa shape index (κ3) is 3.16. The molecular weight excluding hydrogens is 278 g/mol. The minimum atomic E-state index is 0.110. The van der Waals surface area contributed by atoms with Crippen molar-refractivity contribution < 1.29 is 13.9 Å². The molecule has 1 aliphatic heterocycles. The Morgan fingerprint density at radius 2 is 2.14 bits per heavy atom. The van der Waals surface area contributed by atoms with E-state index >= 15 is 0 Å². The smallest absolute Gasteiger partial charge is 0.223 e. The Morgan fingerprint density at radius 1 is 1.32 bits per heavy atom. The van der Waals surface area contributed by atoms with Gasteiger partial charge >= 0.3 is 0 Å². The summed E-state index contributed by atoms with van der Waals surface area (Å²) in [5.41, 5.74) is 1.16. The fourth-order valence-corrected chi connectivity index (χ4v) is 3.03. The molecule has 2 aromatic rings. The molecule has 0 unspecified atom stereocenters. The number of aryl methyl sites for hydroxylation is 1. The number of nitrogens with zero attached hydrogens (tertiary/aromatic N) is 1. The molecule has 3 rings (SSSR count). The first-order valence-corrected chi connectivity index (χ1v) is 7.74. The Bertz CT molecular complexity index is 604. The van der Waals surface area contributed by atoms with Crippen LogP contribution < -0.4 is 4.74 Å². The molecule has 0 saturated carbocycles. The number of benzene rings is 1. The van der Waals surface area contributed by atoms with Gasteiger partial charge in [0.15, 0.2) is 0 Å². The van der Waals surface area contributed by atoms with E-state index in [0.29, 0.717) is 6.42 Å². The molecular formula is C18H21NO3. The predicted molar refractivity (Wildman–Crippen MR) is 83.7 cm³/mol. The highest BCUT2D eigenvalue weighted by Crippen LogP contribution is 2.32. The van der Waals surface area contributed by atoms with Crippen LogP contribution in [0.4, 0.5) is 0 Å². The maximum absolute atomic E-state index is 12.5. The monoisotopic (exact) mass is 299 g/mol. The highest BCUT2D eigenvalue weighted by molar-refractivity contribution is 5.77. The summed E-state index contributed by atoms with van der Waals surface area (Å²) in [5, 5.41) is 0. The molecule has 0 aliphatic carbocycles. The lowest BCUT2D eigenvalue weighted by atomic mass is 10.1. The van der Waals surface area contributed by atoms with E-state index in [1.54, 1.807) is 13.4 Å². The van der Waals surface area contributed by atoms with E-state index in [4.69, 9.17) is 9.15 Å². The molecule has 1 atom stereocenters. The van der Waals surface area contributed by atoms with Gasteiger partial charge in [0.1, 0.15) is 11.5 Å². The van der Waals surface area contributed by atoms with Gasteiger partial charge in [0, 0.05) is 13.0 Å². The van der Waals surface area contributed by atoms with Crippen LogP contribution in [-0.4, -0.2) is 24.5 Å². The van der Waals surface area contributed by atoms with Gasteiger partial charge in [-0.05, 0) is 49.1 Å². The summed E-state index contributed by atoms with van der Waals surface area (Å²) in [6, 6.07) is 11.8. The fourth-order valence-electron chi connectivity index (χ4n) is 3.03. The molecule has 116 valence electrons. The Labute approximate surface area is 130 Å². The zero-order valence-electron chi connectivity index (χ0n) is 12.8. The van der Waals surface area contributed by atoms with Crippen molar-refractivity contribution in [2.45, 2.75) is 31.7 Å². The van der Waals surface area contributed by atoms with E-state index in [1.165, 1.54) is 0 Å². The van der Waals surface area contributed by atoms with Crippen molar-refractivity contribution in [2.24, 2.45) is 0 Å². The van der Waals surface area contributed by atoms with Crippen LogP contribution in [0.1, 0.15) is 36.6 Å². The van der Waals surface area contributed by atoms with Crippen LogP contribution in [0.3, 0.4) is 0 Å². The van der Waals surface area contributed by atoms with Crippen LogP contribution in [0.5, 0.6) is 5.75 Å². The number of methoxy groups -OCH3 is 1. The predicted octanol–water partition coefficient (Wildman–Crippen LogP) is 3.58. The molecule has 0 spiro atoms. The fraction of sp³-hybridized carbons (Fsp3) is 0.389. The molecule has 1 amide bonds. The number of ether oxygens (including phenoxy) is 1. The summed E-state index contributed by atoms with van der Waals surface area (Å²) in [4.78, 5) is 14.5. The van der Waals surface area contributed by atoms with E-state index in [9.17, 15) is 4.79 Å². The number of amides is 1. The molecule has 22 heavy (non-hydrogen) atoms. The van der Waals surface area contributed by atoms with Gasteiger partial charge < -0.3 is 14.1 Å². The van der Waals surface area contributed by atoms with Gasteiger partial charge in [-0.2, -0.15) is 0 Å². The maximum Gasteiger partial charge on any atom is 0.223 e. The van der Waals surface area contributed by atoms with E-state index in [0.717, 1.165) is 42.9 Å². The standard InChI is InChI=1S/C18H21NO3/c1-21-15-9-6-14(7-10-15)8-11-18(20)19-12-2-4-16(19)17-5-3-13-22-17/h3,5-7,9-10,13,16H,2,4,8,11-12H2,1H3/t16-/m1/s1. The Hall–Kier alpha value is -2.23. The largest absolute Gasteiger partial charge is 0.497 e. The zero-order chi connectivity index (χ0) is 15.4. The quantitative estimate of drug-likeness (QED) is 0.847. The Morgan fingerprint density at radius 3 is 2.82 bits per heavy atom. The number of furan rings is 1. The first-order valence-electron chi connectivity index (χ1n) is 7.74. The molecule has 2 heterocycles. The van der Waals surface area contributed by atoms with Crippen LogP contribution in [0.2, 0.25) is 0 Å². The molecule has 1 aliphatic rings. The summed E-state index contributed by atoms with van der Waals surface area (Å²) < 4.78 is 10.6. The van der Waals surface area contributed by atoms with E-state index in [1.807, 2.05) is 41.3 Å². The molecule has 4 heteroatoms. The molecule has 0 radical (unpaired) electrons. The van der Waals surface area contributed by atoms with Crippen molar-refractivity contribution in [1.29, 1.82) is 0 Å². The number of rotatable bonds is 5. The summed E-state index contributed by atoms with van der Waals surface area (Å²) in [7, 11) is 1.65. The molecule has 1 fully saturated rings. The van der Waals surface area contributed by atoms with E-state index in [-0.39, 0.29) is 11.9 Å². The number of likely N-dealkylation sites (tertiary alicyclic amines) is 1. The Balaban J connectivity index is 1.59.